The van der Waals surface area contributed by atoms with Crippen LogP contribution in [0.15, 0.2) is 0 Å². The summed E-state index contributed by atoms with van der Waals surface area (Å²) in [6, 6.07) is 1.45. The van der Waals surface area contributed by atoms with Crippen LogP contribution in [0.25, 0.3) is 0 Å². The van der Waals surface area contributed by atoms with Crippen LogP contribution in [0.3, 0.4) is 0 Å². The van der Waals surface area contributed by atoms with E-state index in [1.807, 2.05) is 6.07 Å². The molecule has 1 heterocycles. The molecule has 1 N–H and O–H groups in total. The highest BCUT2D eigenvalue weighted by Gasteiger charge is 2.31. The fourth-order valence-electron chi connectivity index (χ4n) is 2.09. The molecule has 23 heavy (non-hydrogen) atoms. The number of carbonyl (C=O) groups is 1. The highest BCUT2D eigenvalue weighted by molar-refractivity contribution is 7.89. The van der Waals surface area contributed by atoms with E-state index < -0.39 is 33.9 Å². The second-order valence-corrected chi connectivity index (χ2v) is 8.38. The summed E-state index contributed by atoms with van der Waals surface area (Å²) in [5, 5.41) is 8.58. The Morgan fingerprint density at radius 2 is 2.17 bits per heavy atom. The van der Waals surface area contributed by atoms with Gasteiger partial charge in [-0.2, -0.15) is 5.26 Å². The number of ether oxygens (including phenoxy) is 2. The monoisotopic (exact) mass is 347 g/mol. The van der Waals surface area contributed by atoms with Gasteiger partial charge >= 0.3 is 6.09 Å². The van der Waals surface area contributed by atoms with Crippen molar-refractivity contribution in [1.29, 1.82) is 5.26 Å². The number of carbonyl (C=O) groups excluding carboxylic acids is 1. The van der Waals surface area contributed by atoms with Gasteiger partial charge in [0.1, 0.15) is 5.60 Å². The maximum atomic E-state index is 12.1. The van der Waals surface area contributed by atoms with E-state index in [2.05, 4.69) is 4.72 Å². The van der Waals surface area contributed by atoms with Crippen molar-refractivity contribution >= 4 is 16.1 Å². The molecule has 1 fully saturated rings. The van der Waals surface area contributed by atoms with Gasteiger partial charge in [-0.25, -0.2) is 17.9 Å². The molecule has 1 rings (SSSR count). The molecule has 0 radical (unpaired) electrons. The quantitative estimate of drug-likeness (QED) is 0.789. The van der Waals surface area contributed by atoms with E-state index in [1.165, 1.54) is 4.90 Å². The minimum atomic E-state index is -3.59. The van der Waals surface area contributed by atoms with Crippen molar-refractivity contribution in [3.8, 4) is 6.07 Å². The number of morpholine rings is 1. The summed E-state index contributed by atoms with van der Waals surface area (Å²) in [7, 11) is -3.59. The molecule has 0 aromatic rings. The first kappa shape index (κ1) is 19.7. The van der Waals surface area contributed by atoms with Crippen molar-refractivity contribution in [3.05, 3.63) is 0 Å². The zero-order chi connectivity index (χ0) is 17.7. The third-order valence-corrected chi connectivity index (χ3v) is 4.55. The van der Waals surface area contributed by atoms with Gasteiger partial charge in [0.2, 0.25) is 10.0 Å². The summed E-state index contributed by atoms with van der Waals surface area (Å²) in [5.74, 6) is -0.262. The molecule has 0 bridgehead atoms. The predicted molar refractivity (Wildman–Crippen MR) is 84.2 cm³/mol. The predicted octanol–water partition coefficient (Wildman–Crippen LogP) is 0.844. The lowest BCUT2D eigenvalue weighted by Crippen LogP contribution is -2.50. The van der Waals surface area contributed by atoms with Gasteiger partial charge in [0.05, 0.1) is 37.5 Å². The number of rotatable bonds is 5. The Morgan fingerprint density at radius 1 is 1.52 bits per heavy atom. The zero-order valence-electron chi connectivity index (χ0n) is 14.0. The molecule has 0 saturated carbocycles. The molecular weight excluding hydrogens is 322 g/mol. The lowest BCUT2D eigenvalue weighted by Gasteiger charge is -2.34. The van der Waals surface area contributed by atoms with E-state index in [4.69, 9.17) is 14.7 Å². The van der Waals surface area contributed by atoms with Crippen LogP contribution in [0.1, 0.15) is 34.1 Å². The highest BCUT2D eigenvalue weighted by atomic mass is 32.2. The summed E-state index contributed by atoms with van der Waals surface area (Å²) >= 11 is 0. The van der Waals surface area contributed by atoms with Gasteiger partial charge < -0.3 is 14.4 Å². The Morgan fingerprint density at radius 3 is 2.74 bits per heavy atom. The maximum absolute atomic E-state index is 12.1. The third kappa shape index (κ3) is 7.63. The van der Waals surface area contributed by atoms with E-state index >= 15 is 0 Å². The molecule has 0 aromatic carbocycles. The number of nitrogens with one attached hydrogen (secondary N) is 1. The first-order valence-electron chi connectivity index (χ1n) is 7.49. The van der Waals surface area contributed by atoms with E-state index in [1.54, 1.807) is 27.7 Å². The van der Waals surface area contributed by atoms with E-state index in [9.17, 15) is 13.2 Å². The van der Waals surface area contributed by atoms with Gasteiger partial charge in [-0.15, -0.1) is 0 Å². The molecule has 1 aliphatic rings. The van der Waals surface area contributed by atoms with Crippen LogP contribution >= 0.6 is 0 Å². The minimum absolute atomic E-state index is 0.0921. The Hall–Kier alpha value is -1.37. The molecule has 1 amide bonds. The van der Waals surface area contributed by atoms with Crippen LogP contribution in [0.4, 0.5) is 4.79 Å². The number of amides is 1. The third-order valence-electron chi connectivity index (χ3n) is 2.97. The Bertz CT molecular complexity index is 550. The number of sulfonamides is 1. The average molecular weight is 347 g/mol. The van der Waals surface area contributed by atoms with Crippen molar-refractivity contribution in [2.45, 2.75) is 51.9 Å². The maximum Gasteiger partial charge on any atom is 0.410 e. The molecule has 1 aliphatic heterocycles. The van der Waals surface area contributed by atoms with E-state index in [0.717, 1.165) is 0 Å². The van der Waals surface area contributed by atoms with E-state index in [0.29, 0.717) is 6.54 Å². The largest absolute Gasteiger partial charge is 0.444 e. The van der Waals surface area contributed by atoms with Crippen molar-refractivity contribution in [3.63, 3.8) is 0 Å². The molecule has 0 spiro atoms. The Balaban J connectivity index is 2.58. The van der Waals surface area contributed by atoms with Crippen LogP contribution < -0.4 is 4.72 Å². The van der Waals surface area contributed by atoms with Gasteiger partial charge in [0.25, 0.3) is 0 Å². The standard InChI is InChI=1S/C14H25N3O5S/c1-11(5-6-15)16-23(19,20)10-12-9-17(7-8-21-12)13(18)22-14(2,3)4/h11-12,16H,5,7-10H2,1-4H3. The molecular formula is C14H25N3O5S. The summed E-state index contributed by atoms with van der Waals surface area (Å²) in [5.41, 5.74) is -0.606. The van der Waals surface area contributed by atoms with Crippen LogP contribution in [0.5, 0.6) is 0 Å². The minimum Gasteiger partial charge on any atom is -0.444 e. The lowest BCUT2D eigenvalue weighted by atomic mass is 10.2. The number of hydrogen-bond donors (Lipinski definition) is 1. The number of hydrogen-bond acceptors (Lipinski definition) is 6. The normalized spacial score (nSPS) is 20.7. The summed E-state index contributed by atoms with van der Waals surface area (Å²) < 4.78 is 37.2. The van der Waals surface area contributed by atoms with Crippen molar-refractivity contribution in [1.82, 2.24) is 9.62 Å². The first-order chi connectivity index (χ1) is 10.5. The first-order valence-corrected chi connectivity index (χ1v) is 9.14. The second-order valence-electron chi connectivity index (χ2n) is 6.58. The van der Waals surface area contributed by atoms with Gasteiger partial charge in [0, 0.05) is 12.6 Å². The van der Waals surface area contributed by atoms with E-state index in [-0.39, 0.29) is 25.3 Å². The van der Waals surface area contributed by atoms with Gasteiger partial charge in [0.15, 0.2) is 0 Å². The van der Waals surface area contributed by atoms with Gasteiger partial charge in [-0.05, 0) is 27.7 Å². The Labute approximate surface area is 137 Å². The number of nitrogens with zero attached hydrogens (tertiary/aromatic N) is 2. The van der Waals surface area contributed by atoms with Gasteiger partial charge in [-0.1, -0.05) is 0 Å². The van der Waals surface area contributed by atoms with Crippen LogP contribution in [-0.2, 0) is 19.5 Å². The molecule has 2 unspecified atom stereocenters. The van der Waals surface area contributed by atoms with Crippen molar-refractivity contribution < 1.29 is 22.7 Å². The average Bonchev–Trinajstić information content (AvgIpc) is 2.35. The molecule has 9 heteroatoms. The van der Waals surface area contributed by atoms with Crippen LogP contribution in [-0.4, -0.2) is 62.6 Å². The SMILES string of the molecule is CC(CC#N)NS(=O)(=O)CC1CN(C(=O)OC(C)(C)C)CCO1. The summed E-state index contributed by atoms with van der Waals surface area (Å²) in [6.07, 6.45) is -1.01. The topological polar surface area (TPSA) is 109 Å². The molecule has 2 atom stereocenters. The zero-order valence-corrected chi connectivity index (χ0v) is 14.9. The van der Waals surface area contributed by atoms with Crippen molar-refractivity contribution in [2.24, 2.45) is 0 Å². The van der Waals surface area contributed by atoms with Gasteiger partial charge in [-0.3, -0.25) is 0 Å². The molecule has 132 valence electrons. The molecule has 1 saturated heterocycles. The van der Waals surface area contributed by atoms with Crippen molar-refractivity contribution in [2.75, 3.05) is 25.4 Å². The molecule has 0 aromatic heterocycles. The smallest absolute Gasteiger partial charge is 0.410 e. The number of nitriles is 1. The van der Waals surface area contributed by atoms with Crippen LogP contribution in [0, 0.1) is 11.3 Å². The second kappa shape index (κ2) is 7.95. The summed E-state index contributed by atoms with van der Waals surface area (Å²) in [6.45, 7) is 7.71. The lowest BCUT2D eigenvalue weighted by molar-refractivity contribution is -0.0343. The van der Waals surface area contributed by atoms with Crippen LogP contribution in [0.2, 0.25) is 0 Å². The highest BCUT2D eigenvalue weighted by Crippen LogP contribution is 2.14. The molecule has 0 aliphatic carbocycles. The summed E-state index contributed by atoms with van der Waals surface area (Å²) in [4.78, 5) is 13.5. The fourth-order valence-corrected chi connectivity index (χ4v) is 3.57. The molecule has 8 nitrogen and oxygen atoms in total. The fraction of sp³-hybridized carbons (Fsp3) is 0.857. The Kier molecular flexibility index (Phi) is 6.80.